The third-order valence-electron chi connectivity index (χ3n) is 2.80. The monoisotopic (exact) mass is 302 g/mol. The SMILES string of the molecule is CC(C)(C)NC(=O)c1ccc(NCc2ccccc2F)nn1. The van der Waals surface area contributed by atoms with Crippen molar-refractivity contribution in [3.05, 3.63) is 53.5 Å². The molecule has 0 atom stereocenters. The average molecular weight is 302 g/mol. The van der Waals surface area contributed by atoms with E-state index < -0.39 is 0 Å². The van der Waals surface area contributed by atoms with Gasteiger partial charge in [0.2, 0.25) is 0 Å². The van der Waals surface area contributed by atoms with E-state index in [1.165, 1.54) is 6.07 Å². The number of aromatic nitrogens is 2. The molecule has 116 valence electrons. The van der Waals surface area contributed by atoms with Gasteiger partial charge in [0.1, 0.15) is 11.6 Å². The van der Waals surface area contributed by atoms with Crippen molar-refractivity contribution in [2.75, 3.05) is 5.32 Å². The summed E-state index contributed by atoms with van der Waals surface area (Å²) in [6.07, 6.45) is 0. The highest BCUT2D eigenvalue weighted by Crippen LogP contribution is 2.10. The first kappa shape index (κ1) is 15.9. The Hall–Kier alpha value is -2.50. The molecule has 22 heavy (non-hydrogen) atoms. The lowest BCUT2D eigenvalue weighted by molar-refractivity contribution is 0.0913. The summed E-state index contributed by atoms with van der Waals surface area (Å²) in [6, 6.07) is 9.74. The summed E-state index contributed by atoms with van der Waals surface area (Å²) >= 11 is 0. The predicted molar refractivity (Wildman–Crippen MR) is 83.0 cm³/mol. The van der Waals surface area contributed by atoms with Gasteiger partial charge in [-0.2, -0.15) is 0 Å². The van der Waals surface area contributed by atoms with Crippen LogP contribution in [0.4, 0.5) is 10.2 Å². The Balaban J connectivity index is 1.98. The Morgan fingerprint density at radius 3 is 2.45 bits per heavy atom. The van der Waals surface area contributed by atoms with Gasteiger partial charge >= 0.3 is 0 Å². The lowest BCUT2D eigenvalue weighted by Crippen LogP contribution is -2.41. The molecule has 1 aromatic carbocycles. The molecule has 0 aliphatic heterocycles. The number of halogens is 1. The van der Waals surface area contributed by atoms with E-state index in [0.717, 1.165) is 0 Å². The van der Waals surface area contributed by atoms with Crippen LogP contribution in [0.15, 0.2) is 36.4 Å². The van der Waals surface area contributed by atoms with Crippen molar-refractivity contribution >= 4 is 11.7 Å². The normalized spacial score (nSPS) is 11.1. The van der Waals surface area contributed by atoms with Gasteiger partial charge < -0.3 is 10.6 Å². The quantitative estimate of drug-likeness (QED) is 0.911. The Kier molecular flexibility index (Phi) is 4.70. The molecular formula is C16H19FN4O. The van der Waals surface area contributed by atoms with Crippen LogP contribution >= 0.6 is 0 Å². The third kappa shape index (κ3) is 4.51. The Morgan fingerprint density at radius 2 is 1.86 bits per heavy atom. The Morgan fingerprint density at radius 1 is 1.14 bits per heavy atom. The molecule has 0 bridgehead atoms. The number of amides is 1. The molecular weight excluding hydrogens is 283 g/mol. The summed E-state index contributed by atoms with van der Waals surface area (Å²) in [6.45, 7) is 5.98. The number of nitrogens with one attached hydrogen (secondary N) is 2. The smallest absolute Gasteiger partial charge is 0.272 e. The molecule has 0 radical (unpaired) electrons. The minimum atomic E-state index is -0.333. The van der Waals surface area contributed by atoms with Crippen LogP contribution in [0.3, 0.4) is 0 Å². The minimum Gasteiger partial charge on any atom is -0.364 e. The van der Waals surface area contributed by atoms with Crippen molar-refractivity contribution in [3.8, 4) is 0 Å². The molecule has 2 rings (SSSR count). The van der Waals surface area contributed by atoms with Crippen LogP contribution in [0.2, 0.25) is 0 Å². The highest BCUT2D eigenvalue weighted by molar-refractivity contribution is 5.92. The van der Waals surface area contributed by atoms with E-state index in [0.29, 0.717) is 17.9 Å². The van der Waals surface area contributed by atoms with Gasteiger partial charge in [0.25, 0.3) is 5.91 Å². The van der Waals surface area contributed by atoms with Crippen LogP contribution in [0.1, 0.15) is 36.8 Å². The topological polar surface area (TPSA) is 66.9 Å². The summed E-state index contributed by atoms with van der Waals surface area (Å²) < 4.78 is 13.5. The Labute approximate surface area is 129 Å². The molecule has 2 aromatic rings. The molecule has 1 heterocycles. The van der Waals surface area contributed by atoms with Gasteiger partial charge in [0, 0.05) is 17.6 Å². The standard InChI is InChI=1S/C16H19FN4O/c1-16(2,3)19-15(22)13-8-9-14(21-20-13)18-10-11-6-4-5-7-12(11)17/h4-9H,10H2,1-3H3,(H,18,21)(H,19,22). The van der Waals surface area contributed by atoms with Gasteiger partial charge in [-0.1, -0.05) is 18.2 Å². The number of rotatable bonds is 4. The second-order valence-electron chi connectivity index (χ2n) is 5.95. The molecule has 0 saturated heterocycles. The highest BCUT2D eigenvalue weighted by atomic mass is 19.1. The van der Waals surface area contributed by atoms with E-state index in [-0.39, 0.29) is 23.0 Å². The summed E-state index contributed by atoms with van der Waals surface area (Å²) in [4.78, 5) is 11.9. The number of benzene rings is 1. The largest absolute Gasteiger partial charge is 0.364 e. The molecule has 1 aromatic heterocycles. The van der Waals surface area contributed by atoms with Crippen molar-refractivity contribution in [1.82, 2.24) is 15.5 Å². The predicted octanol–water partition coefficient (Wildman–Crippen LogP) is 2.76. The van der Waals surface area contributed by atoms with E-state index in [9.17, 15) is 9.18 Å². The number of hydrogen-bond acceptors (Lipinski definition) is 4. The van der Waals surface area contributed by atoms with E-state index >= 15 is 0 Å². The van der Waals surface area contributed by atoms with Gasteiger partial charge in [0.15, 0.2) is 5.69 Å². The maximum absolute atomic E-state index is 13.5. The molecule has 0 aliphatic carbocycles. The van der Waals surface area contributed by atoms with E-state index in [1.807, 2.05) is 20.8 Å². The zero-order chi connectivity index (χ0) is 16.2. The van der Waals surface area contributed by atoms with Crippen LogP contribution in [-0.2, 0) is 6.54 Å². The minimum absolute atomic E-state index is 0.242. The van der Waals surface area contributed by atoms with Crippen LogP contribution in [0.5, 0.6) is 0 Å². The number of anilines is 1. The first-order valence-electron chi connectivity index (χ1n) is 6.99. The molecule has 0 fully saturated rings. The van der Waals surface area contributed by atoms with Crippen molar-refractivity contribution < 1.29 is 9.18 Å². The first-order chi connectivity index (χ1) is 10.3. The third-order valence-corrected chi connectivity index (χ3v) is 2.80. The van der Waals surface area contributed by atoms with Crippen LogP contribution in [-0.4, -0.2) is 21.6 Å². The fraction of sp³-hybridized carbons (Fsp3) is 0.312. The van der Waals surface area contributed by atoms with Gasteiger partial charge in [-0.3, -0.25) is 4.79 Å². The van der Waals surface area contributed by atoms with Crippen molar-refractivity contribution in [3.63, 3.8) is 0 Å². The van der Waals surface area contributed by atoms with Crippen LogP contribution < -0.4 is 10.6 Å². The lowest BCUT2D eigenvalue weighted by atomic mass is 10.1. The summed E-state index contributed by atoms with van der Waals surface area (Å²) in [7, 11) is 0. The zero-order valence-electron chi connectivity index (χ0n) is 12.9. The fourth-order valence-corrected chi connectivity index (χ4v) is 1.78. The molecule has 5 nitrogen and oxygen atoms in total. The molecule has 0 spiro atoms. The fourth-order valence-electron chi connectivity index (χ4n) is 1.78. The molecule has 0 saturated carbocycles. The molecule has 2 N–H and O–H groups in total. The second kappa shape index (κ2) is 6.51. The van der Waals surface area contributed by atoms with Gasteiger partial charge in [-0.25, -0.2) is 4.39 Å². The van der Waals surface area contributed by atoms with Gasteiger partial charge in [0.05, 0.1) is 0 Å². The Bertz CT molecular complexity index is 650. The molecule has 0 aliphatic rings. The molecule has 0 unspecified atom stereocenters. The van der Waals surface area contributed by atoms with Crippen molar-refractivity contribution in [1.29, 1.82) is 0 Å². The lowest BCUT2D eigenvalue weighted by Gasteiger charge is -2.19. The van der Waals surface area contributed by atoms with Gasteiger partial charge in [-0.05, 0) is 39.0 Å². The number of hydrogen-bond donors (Lipinski definition) is 2. The first-order valence-corrected chi connectivity index (χ1v) is 6.99. The van der Waals surface area contributed by atoms with Crippen LogP contribution in [0.25, 0.3) is 0 Å². The summed E-state index contributed by atoms with van der Waals surface area (Å²) in [5.74, 6) is -0.0691. The van der Waals surface area contributed by atoms with Crippen molar-refractivity contribution in [2.45, 2.75) is 32.9 Å². The maximum atomic E-state index is 13.5. The summed E-state index contributed by atoms with van der Waals surface area (Å²) in [5, 5.41) is 13.6. The van der Waals surface area contributed by atoms with E-state index in [4.69, 9.17) is 0 Å². The van der Waals surface area contributed by atoms with Crippen LogP contribution in [0, 0.1) is 5.82 Å². The highest BCUT2D eigenvalue weighted by Gasteiger charge is 2.16. The van der Waals surface area contributed by atoms with Crippen molar-refractivity contribution in [2.24, 2.45) is 0 Å². The number of carbonyl (C=O) groups excluding carboxylic acids is 1. The molecule has 6 heteroatoms. The number of carbonyl (C=O) groups is 1. The average Bonchev–Trinajstić information content (AvgIpc) is 2.45. The summed E-state index contributed by atoms with van der Waals surface area (Å²) in [5.41, 5.74) is 0.450. The second-order valence-corrected chi connectivity index (χ2v) is 5.95. The zero-order valence-corrected chi connectivity index (χ0v) is 12.9. The van der Waals surface area contributed by atoms with E-state index in [2.05, 4.69) is 20.8 Å². The van der Waals surface area contributed by atoms with Gasteiger partial charge in [-0.15, -0.1) is 10.2 Å². The van der Waals surface area contributed by atoms with E-state index in [1.54, 1.807) is 30.3 Å². The number of nitrogens with zero attached hydrogens (tertiary/aromatic N) is 2. The maximum Gasteiger partial charge on any atom is 0.272 e. The molecule has 1 amide bonds.